The molecule has 2 aromatic carbocycles. The molecule has 3 aromatic rings. The third-order valence-electron chi connectivity index (χ3n) is 4.67. The Kier molecular flexibility index (Phi) is 4.78. The normalized spacial score (nSPS) is 15.2. The Bertz CT molecular complexity index is 1090. The second kappa shape index (κ2) is 7.25. The van der Waals surface area contributed by atoms with Gasteiger partial charge in [0.1, 0.15) is 11.5 Å². The minimum absolute atomic E-state index is 0.142. The topological polar surface area (TPSA) is 94.8 Å². The first-order chi connectivity index (χ1) is 13.5. The SMILES string of the molecule is COc1cccc(S(=O)(=O)N2CC(c3nc(-c4ccccc4OC)no3)C2)c1. The lowest BCUT2D eigenvalue weighted by Crippen LogP contribution is -2.48. The fourth-order valence-electron chi connectivity index (χ4n) is 3.04. The van der Waals surface area contributed by atoms with Crippen LogP contribution < -0.4 is 9.47 Å². The van der Waals surface area contributed by atoms with Crippen LogP contribution in [0.5, 0.6) is 11.5 Å². The van der Waals surface area contributed by atoms with Gasteiger partial charge in [0, 0.05) is 19.2 Å². The van der Waals surface area contributed by atoms with E-state index in [1.54, 1.807) is 25.3 Å². The van der Waals surface area contributed by atoms with E-state index in [1.165, 1.54) is 17.5 Å². The maximum absolute atomic E-state index is 12.8. The Labute approximate surface area is 162 Å². The van der Waals surface area contributed by atoms with Gasteiger partial charge in [0.25, 0.3) is 0 Å². The predicted octanol–water partition coefficient (Wildman–Crippen LogP) is 2.54. The van der Waals surface area contributed by atoms with E-state index in [2.05, 4.69) is 10.1 Å². The Morgan fingerprint density at radius 3 is 2.61 bits per heavy atom. The molecule has 0 aliphatic carbocycles. The van der Waals surface area contributed by atoms with E-state index in [0.717, 1.165) is 5.56 Å². The van der Waals surface area contributed by atoms with Gasteiger partial charge in [-0.05, 0) is 24.3 Å². The maximum atomic E-state index is 12.8. The van der Waals surface area contributed by atoms with Gasteiger partial charge in [-0.2, -0.15) is 9.29 Å². The highest BCUT2D eigenvalue weighted by molar-refractivity contribution is 7.89. The number of aromatic nitrogens is 2. The number of sulfonamides is 1. The number of hydrogen-bond donors (Lipinski definition) is 0. The van der Waals surface area contributed by atoms with Crippen LogP contribution in [0.25, 0.3) is 11.4 Å². The summed E-state index contributed by atoms with van der Waals surface area (Å²) in [6.07, 6.45) is 0. The molecule has 9 heteroatoms. The highest BCUT2D eigenvalue weighted by Gasteiger charge is 2.40. The van der Waals surface area contributed by atoms with Crippen molar-refractivity contribution in [2.45, 2.75) is 10.8 Å². The lowest BCUT2D eigenvalue weighted by molar-refractivity contribution is 0.216. The van der Waals surface area contributed by atoms with E-state index in [9.17, 15) is 8.42 Å². The monoisotopic (exact) mass is 401 g/mol. The van der Waals surface area contributed by atoms with Crippen LogP contribution in [0.15, 0.2) is 57.9 Å². The van der Waals surface area contributed by atoms with Crippen LogP contribution in [-0.2, 0) is 10.0 Å². The number of benzene rings is 2. The van der Waals surface area contributed by atoms with Crippen molar-refractivity contribution >= 4 is 10.0 Å². The first-order valence-corrected chi connectivity index (χ1v) is 10.1. The predicted molar refractivity (Wildman–Crippen MR) is 101 cm³/mol. The van der Waals surface area contributed by atoms with Crippen LogP contribution in [0, 0.1) is 0 Å². The minimum atomic E-state index is -3.59. The largest absolute Gasteiger partial charge is 0.497 e. The smallest absolute Gasteiger partial charge is 0.243 e. The van der Waals surface area contributed by atoms with Crippen molar-refractivity contribution in [3.8, 4) is 22.9 Å². The summed E-state index contributed by atoms with van der Waals surface area (Å²) in [7, 11) is -0.512. The van der Waals surface area contributed by atoms with Gasteiger partial charge >= 0.3 is 0 Å². The number of methoxy groups -OCH3 is 2. The van der Waals surface area contributed by atoms with Crippen molar-refractivity contribution in [1.82, 2.24) is 14.4 Å². The number of rotatable bonds is 6. The zero-order valence-corrected chi connectivity index (χ0v) is 16.2. The molecule has 8 nitrogen and oxygen atoms in total. The van der Waals surface area contributed by atoms with Crippen molar-refractivity contribution in [2.75, 3.05) is 27.3 Å². The Balaban J connectivity index is 1.49. The van der Waals surface area contributed by atoms with Gasteiger partial charge in [0.2, 0.25) is 21.7 Å². The third kappa shape index (κ3) is 3.23. The average Bonchev–Trinajstić information content (AvgIpc) is 3.16. The highest BCUT2D eigenvalue weighted by atomic mass is 32.2. The number of para-hydroxylation sites is 1. The molecule has 1 saturated heterocycles. The fraction of sp³-hybridized carbons (Fsp3) is 0.263. The molecule has 146 valence electrons. The summed E-state index contributed by atoms with van der Waals surface area (Å²) >= 11 is 0. The summed E-state index contributed by atoms with van der Waals surface area (Å²) in [5.41, 5.74) is 0.722. The zero-order chi connectivity index (χ0) is 19.7. The molecular formula is C19H19N3O5S. The number of ether oxygens (including phenoxy) is 2. The lowest BCUT2D eigenvalue weighted by Gasteiger charge is -2.35. The Morgan fingerprint density at radius 1 is 1.07 bits per heavy atom. The van der Waals surface area contributed by atoms with Crippen LogP contribution in [0.3, 0.4) is 0 Å². The Hall–Kier alpha value is -2.91. The van der Waals surface area contributed by atoms with E-state index in [-0.39, 0.29) is 23.9 Å². The van der Waals surface area contributed by atoms with Gasteiger partial charge in [-0.15, -0.1) is 0 Å². The quantitative estimate of drug-likeness (QED) is 0.626. The van der Waals surface area contributed by atoms with Crippen LogP contribution in [0.4, 0.5) is 0 Å². The molecular weight excluding hydrogens is 382 g/mol. The molecule has 0 N–H and O–H groups in total. The summed E-state index contributed by atoms with van der Waals surface area (Å²) < 4.78 is 42.7. The molecule has 0 radical (unpaired) electrons. The minimum Gasteiger partial charge on any atom is -0.497 e. The third-order valence-corrected chi connectivity index (χ3v) is 6.49. The molecule has 1 fully saturated rings. The highest BCUT2D eigenvalue weighted by Crippen LogP contribution is 2.34. The molecule has 0 atom stereocenters. The molecule has 0 unspecified atom stereocenters. The molecule has 0 saturated carbocycles. The summed E-state index contributed by atoms with van der Waals surface area (Å²) in [6.45, 7) is 0.570. The van der Waals surface area contributed by atoms with Crippen molar-refractivity contribution in [3.63, 3.8) is 0 Å². The van der Waals surface area contributed by atoms with Crippen LogP contribution in [0.1, 0.15) is 11.8 Å². The van der Waals surface area contributed by atoms with Gasteiger partial charge in [-0.25, -0.2) is 8.42 Å². The molecule has 0 bridgehead atoms. The van der Waals surface area contributed by atoms with Gasteiger partial charge in [0.05, 0.1) is 30.6 Å². The van der Waals surface area contributed by atoms with Crippen LogP contribution in [-0.4, -0.2) is 50.2 Å². The molecule has 28 heavy (non-hydrogen) atoms. The van der Waals surface area contributed by atoms with Crippen molar-refractivity contribution in [2.24, 2.45) is 0 Å². The second-order valence-corrected chi connectivity index (χ2v) is 8.29. The summed E-state index contributed by atoms with van der Waals surface area (Å²) in [6, 6.07) is 13.8. The van der Waals surface area contributed by atoms with Crippen molar-refractivity contribution in [1.29, 1.82) is 0 Å². The van der Waals surface area contributed by atoms with Gasteiger partial charge in [-0.3, -0.25) is 0 Å². The summed E-state index contributed by atoms with van der Waals surface area (Å²) in [5, 5.41) is 4.02. The van der Waals surface area contributed by atoms with Gasteiger partial charge in [-0.1, -0.05) is 23.4 Å². The average molecular weight is 401 g/mol. The zero-order valence-electron chi connectivity index (χ0n) is 15.4. The lowest BCUT2D eigenvalue weighted by atomic mass is 10.0. The molecule has 1 aliphatic rings. The summed E-state index contributed by atoms with van der Waals surface area (Å²) in [4.78, 5) is 4.63. The van der Waals surface area contributed by atoms with E-state index in [0.29, 0.717) is 23.2 Å². The van der Waals surface area contributed by atoms with E-state index >= 15 is 0 Å². The van der Waals surface area contributed by atoms with Crippen molar-refractivity contribution in [3.05, 3.63) is 54.4 Å². The van der Waals surface area contributed by atoms with Crippen molar-refractivity contribution < 1.29 is 22.4 Å². The fourth-order valence-corrected chi connectivity index (χ4v) is 4.61. The molecule has 0 amide bonds. The van der Waals surface area contributed by atoms with Crippen LogP contribution >= 0.6 is 0 Å². The maximum Gasteiger partial charge on any atom is 0.243 e. The summed E-state index contributed by atoms with van der Waals surface area (Å²) in [5.74, 6) is 1.83. The number of nitrogens with zero attached hydrogens (tertiary/aromatic N) is 3. The van der Waals surface area contributed by atoms with Gasteiger partial charge in [0.15, 0.2) is 0 Å². The first kappa shape index (κ1) is 18.5. The second-order valence-electron chi connectivity index (χ2n) is 6.35. The van der Waals surface area contributed by atoms with Gasteiger partial charge < -0.3 is 14.0 Å². The van der Waals surface area contributed by atoms with E-state index < -0.39 is 10.0 Å². The molecule has 2 heterocycles. The Morgan fingerprint density at radius 2 is 1.86 bits per heavy atom. The first-order valence-electron chi connectivity index (χ1n) is 8.64. The van der Waals surface area contributed by atoms with E-state index in [4.69, 9.17) is 14.0 Å². The number of hydrogen-bond acceptors (Lipinski definition) is 7. The molecule has 1 aliphatic heterocycles. The standard InChI is InChI=1S/C19H19N3O5S/c1-25-14-6-5-7-15(10-14)28(23,24)22-11-13(12-22)19-20-18(21-27-19)16-8-3-4-9-17(16)26-2/h3-10,13H,11-12H2,1-2H3. The molecule has 4 rings (SSSR count). The molecule has 1 aromatic heterocycles. The van der Waals surface area contributed by atoms with Crippen LogP contribution in [0.2, 0.25) is 0 Å². The van der Waals surface area contributed by atoms with E-state index in [1.807, 2.05) is 24.3 Å². The molecule has 0 spiro atoms.